The summed E-state index contributed by atoms with van der Waals surface area (Å²) in [4.78, 5) is 17.3. The number of methoxy groups -OCH3 is 1. The van der Waals surface area contributed by atoms with Crippen LogP contribution >= 0.6 is 12.4 Å². The van der Waals surface area contributed by atoms with Crippen molar-refractivity contribution in [1.29, 1.82) is 0 Å². The first-order valence-corrected chi connectivity index (χ1v) is 10.0. The summed E-state index contributed by atoms with van der Waals surface area (Å²) in [6.45, 7) is 5.66. The van der Waals surface area contributed by atoms with Gasteiger partial charge in [-0.15, -0.1) is 17.5 Å². The fraction of sp³-hybridized carbons (Fsp3) is 0.550. The van der Waals surface area contributed by atoms with Crippen LogP contribution in [0.2, 0.25) is 0 Å². The second kappa shape index (κ2) is 10.1. The van der Waals surface area contributed by atoms with E-state index in [-0.39, 0.29) is 30.9 Å². The Labute approximate surface area is 182 Å². The van der Waals surface area contributed by atoms with Gasteiger partial charge in [-0.2, -0.15) is 0 Å². The standard InChI is InChI=1S/C20H28N6O3.ClH/c1-24-6-8-25(9-7-24)12-15-13-26(23-22-15)14-20(27)21-18-5-10-29-19-4-3-16(28-2)11-17(18)19;/h3-4,11,13,18H,5-10,12,14H2,1-2H3,(H,21,27);1H. The van der Waals surface area contributed by atoms with Crippen LogP contribution < -0.4 is 14.8 Å². The molecule has 3 heterocycles. The Bertz CT molecular complexity index is 853. The third-order valence-corrected chi connectivity index (χ3v) is 5.46. The van der Waals surface area contributed by atoms with Gasteiger partial charge in [-0.1, -0.05) is 5.21 Å². The van der Waals surface area contributed by atoms with E-state index in [0.717, 1.165) is 61.9 Å². The molecule has 10 heteroatoms. The van der Waals surface area contributed by atoms with Crippen molar-refractivity contribution in [3.8, 4) is 11.5 Å². The van der Waals surface area contributed by atoms with E-state index in [9.17, 15) is 4.79 Å². The summed E-state index contributed by atoms with van der Waals surface area (Å²) >= 11 is 0. The number of likely N-dealkylation sites (N-methyl/N-ethyl adjacent to an activating group) is 1. The van der Waals surface area contributed by atoms with Crippen molar-refractivity contribution in [3.63, 3.8) is 0 Å². The van der Waals surface area contributed by atoms with E-state index in [1.165, 1.54) is 0 Å². The van der Waals surface area contributed by atoms with E-state index < -0.39 is 0 Å². The predicted molar refractivity (Wildman–Crippen MR) is 114 cm³/mol. The smallest absolute Gasteiger partial charge is 0.242 e. The Morgan fingerprint density at radius 1 is 1.30 bits per heavy atom. The molecule has 1 saturated heterocycles. The van der Waals surface area contributed by atoms with Crippen molar-refractivity contribution in [1.82, 2.24) is 30.1 Å². The molecule has 1 N–H and O–H groups in total. The predicted octanol–water partition coefficient (Wildman–Crippen LogP) is 1.10. The summed E-state index contributed by atoms with van der Waals surface area (Å²) in [6.07, 6.45) is 2.58. The molecule has 4 rings (SSSR count). The van der Waals surface area contributed by atoms with Gasteiger partial charge in [0, 0.05) is 44.7 Å². The summed E-state index contributed by atoms with van der Waals surface area (Å²) in [5.41, 5.74) is 1.83. The highest BCUT2D eigenvalue weighted by Gasteiger charge is 2.24. The maximum atomic E-state index is 12.6. The van der Waals surface area contributed by atoms with E-state index >= 15 is 0 Å². The molecule has 1 amide bonds. The summed E-state index contributed by atoms with van der Waals surface area (Å²) in [5.74, 6) is 1.44. The fourth-order valence-electron chi connectivity index (χ4n) is 3.76. The maximum Gasteiger partial charge on any atom is 0.242 e. The van der Waals surface area contributed by atoms with E-state index in [4.69, 9.17) is 9.47 Å². The Balaban J connectivity index is 0.00000256. The molecule has 0 saturated carbocycles. The lowest BCUT2D eigenvalue weighted by Gasteiger charge is -2.31. The number of aromatic nitrogens is 3. The molecule has 9 nitrogen and oxygen atoms in total. The highest BCUT2D eigenvalue weighted by molar-refractivity contribution is 5.85. The van der Waals surface area contributed by atoms with Crippen molar-refractivity contribution in [2.45, 2.75) is 25.6 Å². The minimum absolute atomic E-state index is 0. The van der Waals surface area contributed by atoms with Crippen molar-refractivity contribution < 1.29 is 14.3 Å². The monoisotopic (exact) mass is 436 g/mol. The lowest BCUT2D eigenvalue weighted by molar-refractivity contribution is -0.122. The van der Waals surface area contributed by atoms with E-state index in [1.807, 2.05) is 24.4 Å². The first kappa shape index (κ1) is 22.3. The zero-order valence-electron chi connectivity index (χ0n) is 17.4. The molecule has 2 aromatic rings. The van der Waals surface area contributed by atoms with Crippen LogP contribution in [0.25, 0.3) is 0 Å². The zero-order valence-corrected chi connectivity index (χ0v) is 18.2. The van der Waals surface area contributed by atoms with Crippen molar-refractivity contribution >= 4 is 18.3 Å². The zero-order chi connectivity index (χ0) is 20.2. The highest BCUT2D eigenvalue weighted by Crippen LogP contribution is 2.34. The van der Waals surface area contributed by atoms with Crippen LogP contribution in [0.5, 0.6) is 11.5 Å². The first-order valence-electron chi connectivity index (χ1n) is 10.0. The molecule has 0 aliphatic carbocycles. The van der Waals surface area contributed by atoms with Crippen LogP contribution in [0.1, 0.15) is 23.7 Å². The van der Waals surface area contributed by atoms with Crippen molar-refractivity contribution in [2.24, 2.45) is 0 Å². The number of halogens is 1. The minimum Gasteiger partial charge on any atom is -0.497 e. The number of hydrogen-bond acceptors (Lipinski definition) is 7. The van der Waals surface area contributed by atoms with Crippen molar-refractivity contribution in [2.75, 3.05) is 46.9 Å². The number of amides is 1. The molecule has 164 valence electrons. The topological polar surface area (TPSA) is 84.8 Å². The largest absolute Gasteiger partial charge is 0.497 e. The number of rotatable bonds is 6. The molecule has 1 fully saturated rings. The number of carbonyl (C=O) groups is 1. The van der Waals surface area contributed by atoms with Gasteiger partial charge in [0.15, 0.2) is 0 Å². The molecular weight excluding hydrogens is 408 g/mol. The molecule has 1 unspecified atom stereocenters. The number of carbonyl (C=O) groups excluding carboxylic acids is 1. The molecular formula is C20H29ClN6O3. The molecule has 1 aromatic heterocycles. The number of nitrogens with zero attached hydrogens (tertiary/aromatic N) is 5. The number of hydrogen-bond donors (Lipinski definition) is 1. The average molecular weight is 437 g/mol. The number of nitrogens with one attached hydrogen (secondary N) is 1. The van der Waals surface area contributed by atoms with Crippen molar-refractivity contribution in [3.05, 3.63) is 35.7 Å². The number of ether oxygens (including phenoxy) is 2. The van der Waals surface area contributed by atoms with Gasteiger partial charge in [-0.25, -0.2) is 4.68 Å². The summed E-state index contributed by atoms with van der Waals surface area (Å²) in [5, 5.41) is 11.4. The van der Waals surface area contributed by atoms with Gasteiger partial charge in [0.05, 0.1) is 31.6 Å². The second-order valence-electron chi connectivity index (χ2n) is 7.65. The quantitative estimate of drug-likeness (QED) is 0.725. The second-order valence-corrected chi connectivity index (χ2v) is 7.65. The van der Waals surface area contributed by atoms with Crippen LogP contribution in [-0.4, -0.2) is 77.6 Å². The Morgan fingerprint density at radius 2 is 2.10 bits per heavy atom. The Kier molecular flexibility index (Phi) is 7.52. The molecule has 0 spiro atoms. The molecule has 0 radical (unpaired) electrons. The number of piperazine rings is 1. The molecule has 30 heavy (non-hydrogen) atoms. The number of benzene rings is 1. The first-order chi connectivity index (χ1) is 14.1. The van der Waals surface area contributed by atoms with Crippen LogP contribution in [0.4, 0.5) is 0 Å². The van der Waals surface area contributed by atoms with Gasteiger partial charge in [-0.3, -0.25) is 9.69 Å². The molecule has 0 bridgehead atoms. The molecule has 1 aromatic carbocycles. The van der Waals surface area contributed by atoms with E-state index in [2.05, 4.69) is 32.5 Å². The van der Waals surface area contributed by atoms with Gasteiger partial charge < -0.3 is 19.7 Å². The number of fused-ring (bicyclic) bond motifs is 1. The summed E-state index contributed by atoms with van der Waals surface area (Å²) < 4.78 is 12.6. The summed E-state index contributed by atoms with van der Waals surface area (Å²) in [7, 11) is 3.77. The van der Waals surface area contributed by atoms with E-state index in [0.29, 0.717) is 6.61 Å². The van der Waals surface area contributed by atoms with Crippen LogP contribution in [0, 0.1) is 0 Å². The van der Waals surface area contributed by atoms with Crippen LogP contribution in [0.3, 0.4) is 0 Å². The van der Waals surface area contributed by atoms with Gasteiger partial charge in [0.25, 0.3) is 0 Å². The SMILES string of the molecule is COc1ccc2c(c1)C(NC(=O)Cn1cc(CN3CCN(C)CC3)nn1)CCO2.Cl. The molecule has 2 aliphatic heterocycles. The van der Waals surface area contributed by atoms with Gasteiger partial charge in [0.1, 0.15) is 18.0 Å². The van der Waals surface area contributed by atoms with E-state index in [1.54, 1.807) is 11.8 Å². The Hall–Kier alpha value is -2.36. The molecule has 2 aliphatic rings. The third kappa shape index (κ3) is 5.41. The third-order valence-electron chi connectivity index (χ3n) is 5.46. The van der Waals surface area contributed by atoms with Gasteiger partial charge in [0.2, 0.25) is 5.91 Å². The Morgan fingerprint density at radius 3 is 2.87 bits per heavy atom. The lowest BCUT2D eigenvalue weighted by atomic mass is 10.00. The maximum absolute atomic E-state index is 12.6. The molecule has 1 atom stereocenters. The fourth-order valence-corrected chi connectivity index (χ4v) is 3.76. The van der Waals surface area contributed by atoms with Crippen LogP contribution in [-0.2, 0) is 17.9 Å². The average Bonchev–Trinajstić information content (AvgIpc) is 3.16. The van der Waals surface area contributed by atoms with Gasteiger partial charge >= 0.3 is 0 Å². The highest BCUT2D eigenvalue weighted by atomic mass is 35.5. The van der Waals surface area contributed by atoms with Gasteiger partial charge in [-0.05, 0) is 25.2 Å². The van der Waals surface area contributed by atoms with Crippen LogP contribution in [0.15, 0.2) is 24.4 Å². The summed E-state index contributed by atoms with van der Waals surface area (Å²) in [6, 6.07) is 5.56. The minimum atomic E-state index is -0.102. The lowest BCUT2D eigenvalue weighted by Crippen LogP contribution is -2.43. The normalized spacial score (nSPS) is 19.3.